The Morgan fingerprint density at radius 2 is 1.86 bits per heavy atom. The average molecular weight is 597 g/mol. The molecule has 2 aromatic carbocycles. The minimum atomic E-state index is -0.952. The van der Waals surface area contributed by atoms with Gasteiger partial charge in [-0.1, -0.05) is 49.3 Å². The van der Waals surface area contributed by atoms with Crippen molar-refractivity contribution in [2.45, 2.75) is 46.1 Å². The number of hydrogen-bond donors (Lipinski definition) is 1. The first-order chi connectivity index (χ1) is 20.8. The second-order valence-corrected chi connectivity index (χ2v) is 11.6. The maximum atomic E-state index is 13.8. The highest BCUT2D eigenvalue weighted by molar-refractivity contribution is 7.22. The molecule has 0 spiro atoms. The summed E-state index contributed by atoms with van der Waals surface area (Å²) in [4.78, 5) is 38.4. The van der Waals surface area contributed by atoms with E-state index in [-0.39, 0.29) is 17.0 Å². The fourth-order valence-electron chi connectivity index (χ4n) is 5.46. The highest BCUT2D eigenvalue weighted by atomic mass is 32.1. The molecule has 0 radical (unpaired) electrons. The number of anilines is 1. The first-order valence-electron chi connectivity index (χ1n) is 14.2. The van der Waals surface area contributed by atoms with Gasteiger partial charge < -0.3 is 19.0 Å². The molecule has 3 aromatic heterocycles. The predicted molar refractivity (Wildman–Crippen MR) is 167 cm³/mol. The summed E-state index contributed by atoms with van der Waals surface area (Å²) in [6.45, 7) is 6.44. The SMILES string of the molecule is CCCCCOc1cccc(C2/C(=C(\O)c3nc4c(C)cccn4c3C)C(=O)C(=O)N2c2nc3ccc(OC)cc3s2)c1. The summed E-state index contributed by atoms with van der Waals surface area (Å²) in [7, 11) is 1.59. The number of carbonyl (C=O) groups excluding carboxylic acids is 2. The highest BCUT2D eigenvalue weighted by Crippen LogP contribution is 2.45. The first-order valence-corrected chi connectivity index (χ1v) is 15.1. The molecule has 0 aliphatic carbocycles. The van der Waals surface area contributed by atoms with Crippen LogP contribution in [0.15, 0.2) is 66.4 Å². The maximum absolute atomic E-state index is 13.8. The van der Waals surface area contributed by atoms with E-state index in [2.05, 4.69) is 6.92 Å². The number of Topliss-reactive ketones (excluding diaryl/α,β-unsaturated/α-hetero) is 1. The zero-order valence-electron chi connectivity index (χ0n) is 24.5. The molecule has 1 amide bonds. The van der Waals surface area contributed by atoms with Crippen LogP contribution in [0.25, 0.3) is 21.6 Å². The number of imidazole rings is 1. The molecule has 4 heterocycles. The van der Waals surface area contributed by atoms with Gasteiger partial charge in [-0.15, -0.1) is 0 Å². The van der Waals surface area contributed by atoms with Crippen LogP contribution in [0.3, 0.4) is 0 Å². The van der Waals surface area contributed by atoms with Gasteiger partial charge in [0.1, 0.15) is 22.8 Å². The van der Waals surface area contributed by atoms with Crippen LogP contribution in [-0.4, -0.2) is 44.9 Å². The van der Waals surface area contributed by atoms with Gasteiger partial charge in [-0.3, -0.25) is 14.5 Å². The number of aliphatic hydroxyl groups is 1. The molecule has 0 bridgehead atoms. The molecule has 10 heteroatoms. The van der Waals surface area contributed by atoms with E-state index in [0.717, 1.165) is 29.5 Å². The van der Waals surface area contributed by atoms with Crippen LogP contribution >= 0.6 is 11.3 Å². The van der Waals surface area contributed by atoms with E-state index in [1.54, 1.807) is 13.2 Å². The molecule has 1 fully saturated rings. The molecule has 1 saturated heterocycles. The fourth-order valence-corrected chi connectivity index (χ4v) is 6.48. The van der Waals surface area contributed by atoms with Crippen LogP contribution in [0.2, 0.25) is 0 Å². The van der Waals surface area contributed by atoms with Crippen molar-refractivity contribution >= 4 is 49.8 Å². The minimum absolute atomic E-state index is 0.0471. The molecule has 1 N–H and O–H groups in total. The Morgan fingerprint density at radius 3 is 2.63 bits per heavy atom. The monoisotopic (exact) mass is 596 g/mol. The molecule has 5 aromatic rings. The van der Waals surface area contributed by atoms with E-state index in [0.29, 0.717) is 45.7 Å². The number of amides is 1. The number of thiazole rings is 1. The quantitative estimate of drug-likeness (QED) is 0.0867. The number of unbranched alkanes of at least 4 members (excludes halogenated alkanes) is 2. The van der Waals surface area contributed by atoms with Crippen molar-refractivity contribution in [3.05, 3.63) is 88.9 Å². The third-order valence-corrected chi connectivity index (χ3v) is 8.75. The second kappa shape index (κ2) is 11.5. The molecular weight excluding hydrogens is 564 g/mol. The summed E-state index contributed by atoms with van der Waals surface area (Å²) >= 11 is 1.28. The normalized spacial score (nSPS) is 16.5. The Morgan fingerprint density at radius 1 is 1.02 bits per heavy atom. The Kier molecular flexibility index (Phi) is 7.62. The van der Waals surface area contributed by atoms with Gasteiger partial charge >= 0.3 is 5.91 Å². The molecular formula is C33H32N4O5S. The summed E-state index contributed by atoms with van der Waals surface area (Å²) in [5, 5.41) is 12.1. The number of nitrogens with zero attached hydrogens (tertiary/aromatic N) is 4. The van der Waals surface area contributed by atoms with E-state index in [1.807, 2.05) is 73.0 Å². The standard InChI is InChI=1S/C33H32N4O5S/c1-5-6-7-16-42-23-12-8-11-21(17-23)28-26(29(38)27-20(3)36-15-9-10-19(2)31(36)35-27)30(39)32(40)37(28)33-34-24-14-13-22(41-4)18-25(24)43-33/h8-15,17-18,28,38H,5-7,16H2,1-4H3/b29-26+. The van der Waals surface area contributed by atoms with E-state index in [9.17, 15) is 14.7 Å². The van der Waals surface area contributed by atoms with Crippen LogP contribution in [-0.2, 0) is 9.59 Å². The lowest BCUT2D eigenvalue weighted by atomic mass is 9.96. The number of ketones is 1. The van der Waals surface area contributed by atoms with Crippen molar-refractivity contribution in [3.8, 4) is 11.5 Å². The Hall–Kier alpha value is -4.70. The van der Waals surface area contributed by atoms with Gasteiger partial charge in [0.15, 0.2) is 10.9 Å². The smallest absolute Gasteiger partial charge is 0.301 e. The topological polar surface area (TPSA) is 106 Å². The van der Waals surface area contributed by atoms with Gasteiger partial charge in [0.05, 0.1) is 41.2 Å². The summed E-state index contributed by atoms with van der Waals surface area (Å²) in [5.41, 5.74) is 3.72. The summed E-state index contributed by atoms with van der Waals surface area (Å²) in [6, 6.07) is 15.6. The lowest BCUT2D eigenvalue weighted by molar-refractivity contribution is -0.132. The van der Waals surface area contributed by atoms with Gasteiger partial charge in [-0.25, -0.2) is 9.97 Å². The van der Waals surface area contributed by atoms with Crippen LogP contribution in [0.5, 0.6) is 11.5 Å². The van der Waals surface area contributed by atoms with Crippen molar-refractivity contribution in [2.75, 3.05) is 18.6 Å². The summed E-state index contributed by atoms with van der Waals surface area (Å²) in [5.74, 6) is -0.630. The highest BCUT2D eigenvalue weighted by Gasteiger charge is 2.48. The van der Waals surface area contributed by atoms with Gasteiger partial charge in [0.2, 0.25) is 0 Å². The van der Waals surface area contributed by atoms with Crippen LogP contribution in [0, 0.1) is 13.8 Å². The molecule has 9 nitrogen and oxygen atoms in total. The lowest BCUT2D eigenvalue weighted by Gasteiger charge is -2.23. The largest absolute Gasteiger partial charge is 0.505 e. The van der Waals surface area contributed by atoms with Gasteiger partial charge in [-0.2, -0.15) is 0 Å². The molecule has 1 atom stereocenters. The number of rotatable bonds is 9. The van der Waals surface area contributed by atoms with Crippen LogP contribution in [0.1, 0.15) is 54.7 Å². The van der Waals surface area contributed by atoms with E-state index in [4.69, 9.17) is 19.4 Å². The number of pyridine rings is 1. The number of ether oxygens (including phenoxy) is 2. The van der Waals surface area contributed by atoms with E-state index in [1.165, 1.54) is 16.2 Å². The van der Waals surface area contributed by atoms with Crippen molar-refractivity contribution in [2.24, 2.45) is 0 Å². The lowest BCUT2D eigenvalue weighted by Crippen LogP contribution is -2.29. The number of hydrogen-bond acceptors (Lipinski definition) is 8. The predicted octanol–water partition coefficient (Wildman–Crippen LogP) is 6.76. The third kappa shape index (κ3) is 5.01. The van der Waals surface area contributed by atoms with Crippen molar-refractivity contribution in [3.63, 3.8) is 0 Å². The first kappa shape index (κ1) is 28.4. The zero-order valence-corrected chi connectivity index (χ0v) is 25.3. The van der Waals surface area contributed by atoms with Crippen molar-refractivity contribution in [1.29, 1.82) is 0 Å². The Labute approximate surface area is 253 Å². The fraction of sp³-hybridized carbons (Fsp3) is 0.273. The number of aromatic nitrogens is 3. The molecule has 0 saturated carbocycles. The summed E-state index contributed by atoms with van der Waals surface area (Å²) < 4.78 is 14.1. The number of benzene rings is 2. The molecule has 1 aliphatic rings. The zero-order chi connectivity index (χ0) is 30.2. The molecule has 43 heavy (non-hydrogen) atoms. The number of carbonyl (C=O) groups is 2. The Balaban J connectivity index is 1.52. The number of aryl methyl sites for hydroxylation is 2. The number of fused-ring (bicyclic) bond motifs is 2. The third-order valence-electron chi connectivity index (χ3n) is 7.73. The molecule has 1 unspecified atom stereocenters. The minimum Gasteiger partial charge on any atom is -0.505 e. The molecule has 1 aliphatic heterocycles. The van der Waals surface area contributed by atoms with Crippen molar-refractivity contribution in [1.82, 2.24) is 14.4 Å². The van der Waals surface area contributed by atoms with Gasteiger partial charge in [-0.05, 0) is 67.8 Å². The molecule has 220 valence electrons. The van der Waals surface area contributed by atoms with E-state index < -0.39 is 17.7 Å². The second-order valence-electron chi connectivity index (χ2n) is 10.6. The van der Waals surface area contributed by atoms with Crippen LogP contribution < -0.4 is 14.4 Å². The maximum Gasteiger partial charge on any atom is 0.301 e. The molecule has 6 rings (SSSR count). The average Bonchev–Trinajstić information content (AvgIpc) is 3.67. The number of aliphatic hydroxyl groups excluding tert-OH is 1. The van der Waals surface area contributed by atoms with E-state index >= 15 is 0 Å². The van der Waals surface area contributed by atoms with Crippen molar-refractivity contribution < 1.29 is 24.2 Å². The van der Waals surface area contributed by atoms with Gasteiger partial charge in [0, 0.05) is 6.20 Å². The Bertz CT molecular complexity index is 1910. The van der Waals surface area contributed by atoms with Gasteiger partial charge in [0.25, 0.3) is 5.78 Å². The summed E-state index contributed by atoms with van der Waals surface area (Å²) in [6.07, 6.45) is 4.90. The van der Waals surface area contributed by atoms with Crippen LogP contribution in [0.4, 0.5) is 5.13 Å². The number of methoxy groups -OCH3 is 1.